The highest BCUT2D eigenvalue weighted by Gasteiger charge is 2.29. The van der Waals surface area contributed by atoms with E-state index in [1.165, 1.54) is 16.1 Å². The van der Waals surface area contributed by atoms with Gasteiger partial charge >= 0.3 is 6.03 Å². The number of hydrogen-bond acceptors (Lipinski definition) is 5. The number of nitrogens with one attached hydrogen (secondary N) is 1. The van der Waals surface area contributed by atoms with Crippen molar-refractivity contribution in [3.8, 4) is 5.75 Å². The molecule has 2 heterocycles. The number of rotatable bonds is 3. The van der Waals surface area contributed by atoms with Crippen molar-refractivity contribution < 1.29 is 18.8 Å². The van der Waals surface area contributed by atoms with Gasteiger partial charge in [0.05, 0.1) is 12.2 Å². The van der Waals surface area contributed by atoms with Crippen LogP contribution >= 0.6 is 0 Å². The van der Waals surface area contributed by atoms with Gasteiger partial charge in [-0.1, -0.05) is 5.16 Å². The molecule has 1 unspecified atom stereocenters. The Morgan fingerprint density at radius 2 is 2.21 bits per heavy atom. The molecule has 1 aliphatic rings. The van der Waals surface area contributed by atoms with Crippen molar-refractivity contribution in [1.29, 1.82) is 0 Å². The van der Waals surface area contributed by atoms with Crippen molar-refractivity contribution in [2.75, 3.05) is 24.3 Å². The third-order valence-corrected chi connectivity index (χ3v) is 3.79. The molecule has 0 spiro atoms. The highest BCUT2D eigenvalue weighted by molar-refractivity contribution is 6.00. The number of hydrogen-bond donors (Lipinski definition) is 1. The zero-order chi connectivity index (χ0) is 17.3. The summed E-state index contributed by atoms with van der Waals surface area (Å²) in [5, 5.41) is 6.56. The number of carbonyl (C=O) groups is 2. The second-order valence-corrected chi connectivity index (χ2v) is 5.62. The molecular weight excluding hydrogens is 312 g/mol. The van der Waals surface area contributed by atoms with Gasteiger partial charge in [-0.05, 0) is 25.1 Å². The fraction of sp³-hybridized carbons (Fsp3) is 0.312. The van der Waals surface area contributed by atoms with E-state index in [9.17, 15) is 9.59 Å². The number of aromatic nitrogens is 1. The molecule has 0 saturated carbocycles. The van der Waals surface area contributed by atoms with Crippen LogP contribution in [0.4, 0.5) is 16.2 Å². The molecule has 8 heteroatoms. The van der Waals surface area contributed by atoms with Crippen LogP contribution in [-0.2, 0) is 11.3 Å². The monoisotopic (exact) mass is 330 g/mol. The van der Waals surface area contributed by atoms with Crippen molar-refractivity contribution in [3.05, 3.63) is 36.2 Å². The zero-order valence-corrected chi connectivity index (χ0v) is 13.6. The quantitative estimate of drug-likeness (QED) is 0.931. The van der Waals surface area contributed by atoms with E-state index in [1.54, 1.807) is 45.3 Å². The summed E-state index contributed by atoms with van der Waals surface area (Å²) in [5.74, 6) is 0.479. The van der Waals surface area contributed by atoms with Gasteiger partial charge in [-0.3, -0.25) is 4.79 Å². The summed E-state index contributed by atoms with van der Waals surface area (Å²) in [5.41, 5.74) is 1.85. The van der Waals surface area contributed by atoms with Crippen LogP contribution < -0.4 is 15.0 Å². The van der Waals surface area contributed by atoms with Crippen LogP contribution in [0.3, 0.4) is 0 Å². The summed E-state index contributed by atoms with van der Waals surface area (Å²) in [6.07, 6.45) is 0.940. The van der Waals surface area contributed by atoms with Gasteiger partial charge < -0.3 is 24.4 Å². The van der Waals surface area contributed by atoms with Gasteiger partial charge in [0.1, 0.15) is 17.7 Å². The highest BCUT2D eigenvalue weighted by Crippen LogP contribution is 2.35. The van der Waals surface area contributed by atoms with Gasteiger partial charge in [-0.2, -0.15) is 0 Å². The van der Waals surface area contributed by atoms with E-state index in [-0.39, 0.29) is 11.9 Å². The Bertz CT molecular complexity index is 759. The van der Waals surface area contributed by atoms with Gasteiger partial charge in [0.25, 0.3) is 5.91 Å². The van der Waals surface area contributed by atoms with E-state index < -0.39 is 6.10 Å². The van der Waals surface area contributed by atoms with Crippen LogP contribution in [0.25, 0.3) is 0 Å². The molecule has 3 amide bonds. The van der Waals surface area contributed by atoms with E-state index in [4.69, 9.17) is 9.26 Å². The Morgan fingerprint density at radius 3 is 2.92 bits per heavy atom. The van der Waals surface area contributed by atoms with Crippen LogP contribution in [0.5, 0.6) is 5.75 Å². The van der Waals surface area contributed by atoms with Gasteiger partial charge in [-0.15, -0.1) is 0 Å². The fourth-order valence-electron chi connectivity index (χ4n) is 2.44. The molecule has 0 fully saturated rings. The first-order chi connectivity index (χ1) is 11.5. The van der Waals surface area contributed by atoms with Gasteiger partial charge in [-0.25, -0.2) is 4.79 Å². The Morgan fingerprint density at radius 1 is 1.42 bits per heavy atom. The predicted octanol–water partition coefficient (Wildman–Crippen LogP) is 2.08. The van der Waals surface area contributed by atoms with Crippen molar-refractivity contribution in [1.82, 2.24) is 10.1 Å². The summed E-state index contributed by atoms with van der Waals surface area (Å²) < 4.78 is 10.3. The number of amides is 3. The summed E-state index contributed by atoms with van der Waals surface area (Å²) in [4.78, 5) is 27.2. The first-order valence-corrected chi connectivity index (χ1v) is 7.45. The minimum Gasteiger partial charge on any atom is -0.479 e. The molecule has 0 aliphatic carbocycles. The smallest absolute Gasteiger partial charge is 0.321 e. The molecule has 24 heavy (non-hydrogen) atoms. The van der Waals surface area contributed by atoms with E-state index >= 15 is 0 Å². The van der Waals surface area contributed by atoms with Crippen LogP contribution in [-0.4, -0.2) is 42.2 Å². The summed E-state index contributed by atoms with van der Waals surface area (Å²) in [7, 11) is 3.34. The Hall–Kier alpha value is -3.03. The molecule has 1 aromatic carbocycles. The van der Waals surface area contributed by atoms with Crippen LogP contribution in [0, 0.1) is 0 Å². The average molecular weight is 330 g/mol. The minimum atomic E-state index is -0.517. The van der Waals surface area contributed by atoms with Crippen LogP contribution in [0.2, 0.25) is 0 Å². The number of anilines is 2. The summed E-state index contributed by atoms with van der Waals surface area (Å²) in [6, 6.07) is 6.58. The van der Waals surface area contributed by atoms with E-state index in [0.717, 1.165) is 0 Å². The minimum absolute atomic E-state index is 0.130. The summed E-state index contributed by atoms with van der Waals surface area (Å²) >= 11 is 0. The standard InChI is InChI=1S/C16H18N4O4/c1-10-15(21)20(3)13-8-11(4-5-14(13)24-10)17-16(22)19(2)9-12-6-7-23-18-12/h4-8,10H,9H2,1-3H3,(H,17,22). The number of urea groups is 1. The maximum absolute atomic E-state index is 12.2. The second-order valence-electron chi connectivity index (χ2n) is 5.62. The number of carbonyl (C=O) groups excluding carboxylic acids is 2. The zero-order valence-electron chi connectivity index (χ0n) is 13.6. The summed E-state index contributed by atoms with van der Waals surface area (Å²) in [6.45, 7) is 2.03. The number of ether oxygens (including phenoxy) is 1. The molecule has 1 atom stereocenters. The topological polar surface area (TPSA) is 87.9 Å². The van der Waals surface area contributed by atoms with E-state index in [0.29, 0.717) is 29.4 Å². The third kappa shape index (κ3) is 3.03. The maximum Gasteiger partial charge on any atom is 0.321 e. The normalized spacial score (nSPS) is 16.4. The number of fused-ring (bicyclic) bond motifs is 1. The lowest BCUT2D eigenvalue weighted by Crippen LogP contribution is -2.42. The van der Waals surface area contributed by atoms with Crippen molar-refractivity contribution in [2.45, 2.75) is 19.6 Å². The molecule has 0 bridgehead atoms. The van der Waals surface area contributed by atoms with Gasteiger partial charge in [0, 0.05) is 25.8 Å². The maximum atomic E-state index is 12.2. The second kappa shape index (κ2) is 6.23. The SMILES string of the molecule is CC1Oc2ccc(NC(=O)N(C)Cc3ccon3)cc2N(C)C1=O. The van der Waals surface area contributed by atoms with Crippen molar-refractivity contribution in [2.24, 2.45) is 0 Å². The van der Waals surface area contributed by atoms with E-state index in [1.807, 2.05) is 0 Å². The fourth-order valence-corrected chi connectivity index (χ4v) is 2.44. The first kappa shape index (κ1) is 15.9. The molecule has 0 radical (unpaired) electrons. The molecule has 1 N–H and O–H groups in total. The molecule has 3 rings (SSSR count). The Labute approximate surface area is 139 Å². The molecule has 126 valence electrons. The molecule has 0 saturated heterocycles. The lowest BCUT2D eigenvalue weighted by molar-refractivity contribution is -0.125. The van der Waals surface area contributed by atoms with Crippen molar-refractivity contribution in [3.63, 3.8) is 0 Å². The lowest BCUT2D eigenvalue weighted by Gasteiger charge is -2.30. The van der Waals surface area contributed by atoms with Crippen LogP contribution in [0.15, 0.2) is 35.1 Å². The van der Waals surface area contributed by atoms with Crippen molar-refractivity contribution >= 4 is 23.3 Å². The van der Waals surface area contributed by atoms with Crippen LogP contribution in [0.1, 0.15) is 12.6 Å². The van der Waals surface area contributed by atoms with E-state index in [2.05, 4.69) is 10.5 Å². The number of nitrogens with zero attached hydrogens (tertiary/aromatic N) is 3. The highest BCUT2D eigenvalue weighted by atomic mass is 16.5. The Balaban J connectivity index is 1.72. The van der Waals surface area contributed by atoms with Gasteiger partial charge in [0.15, 0.2) is 6.10 Å². The predicted molar refractivity (Wildman–Crippen MR) is 86.9 cm³/mol. The van der Waals surface area contributed by atoms with Gasteiger partial charge in [0.2, 0.25) is 0 Å². The molecule has 1 aromatic heterocycles. The number of likely N-dealkylation sites (N-methyl/N-ethyl adjacent to an activating group) is 1. The largest absolute Gasteiger partial charge is 0.479 e. The first-order valence-electron chi connectivity index (χ1n) is 7.45. The molecule has 2 aromatic rings. The average Bonchev–Trinajstić information content (AvgIpc) is 3.06. The molecule has 8 nitrogen and oxygen atoms in total. The lowest BCUT2D eigenvalue weighted by atomic mass is 10.2. The molecular formula is C16H18N4O4. The molecule has 1 aliphatic heterocycles. The number of benzene rings is 1. The Kier molecular flexibility index (Phi) is 4.11. The third-order valence-electron chi connectivity index (χ3n) is 3.79.